The molecule has 9 heteroatoms. The summed E-state index contributed by atoms with van der Waals surface area (Å²) in [7, 11) is 1.25. The minimum atomic E-state index is -3.87. The zero-order valence-corrected chi connectivity index (χ0v) is 21.0. The normalized spacial score (nSPS) is 15.5. The number of pyridine rings is 1. The molecule has 3 aromatic rings. The lowest BCUT2D eigenvalue weighted by Crippen LogP contribution is -2.30. The molecule has 1 fully saturated rings. The molecule has 176 valence electrons. The second kappa shape index (κ2) is 9.79. The van der Waals surface area contributed by atoms with Gasteiger partial charge in [-0.3, -0.25) is 4.98 Å². The van der Waals surface area contributed by atoms with Crippen molar-refractivity contribution in [2.45, 2.75) is 21.1 Å². The molecule has 0 aliphatic carbocycles. The summed E-state index contributed by atoms with van der Waals surface area (Å²) in [5, 5.41) is 0.855. The van der Waals surface area contributed by atoms with Gasteiger partial charge in [0.1, 0.15) is 4.90 Å². The van der Waals surface area contributed by atoms with Crippen LogP contribution in [0.15, 0.2) is 57.3 Å². The van der Waals surface area contributed by atoms with E-state index in [-0.39, 0.29) is 9.79 Å². The Hall–Kier alpha value is -2.49. The van der Waals surface area contributed by atoms with Gasteiger partial charge in [0.05, 0.1) is 30.3 Å². The van der Waals surface area contributed by atoms with Crippen LogP contribution in [0.4, 0.5) is 5.69 Å². The summed E-state index contributed by atoms with van der Waals surface area (Å²) in [6.07, 6.45) is 4.47. The SMILES string of the molecule is COc1ccc(S(=O)(=O)c2cnc3ccc(SC)cc3c2N2CCCN(C)CC2)cc1OC. The number of rotatable bonds is 6. The predicted molar refractivity (Wildman–Crippen MR) is 133 cm³/mol. The molecule has 0 amide bonds. The second-order valence-electron chi connectivity index (χ2n) is 8.02. The van der Waals surface area contributed by atoms with Gasteiger partial charge in [0.2, 0.25) is 9.84 Å². The minimum absolute atomic E-state index is 0.149. The summed E-state index contributed by atoms with van der Waals surface area (Å²) in [6.45, 7) is 3.37. The molecule has 0 spiro atoms. The van der Waals surface area contributed by atoms with Gasteiger partial charge in [0, 0.05) is 42.2 Å². The minimum Gasteiger partial charge on any atom is -0.493 e. The molecule has 2 heterocycles. The molecule has 1 aliphatic rings. The van der Waals surface area contributed by atoms with E-state index in [9.17, 15) is 8.42 Å². The molecule has 0 unspecified atom stereocenters. The van der Waals surface area contributed by atoms with E-state index in [1.807, 2.05) is 24.5 Å². The molecule has 33 heavy (non-hydrogen) atoms. The molecule has 1 aromatic heterocycles. The number of aromatic nitrogens is 1. The van der Waals surface area contributed by atoms with Crippen molar-refractivity contribution in [2.75, 3.05) is 58.6 Å². The number of sulfone groups is 1. The van der Waals surface area contributed by atoms with Gasteiger partial charge in [-0.25, -0.2) is 8.42 Å². The van der Waals surface area contributed by atoms with E-state index in [0.717, 1.165) is 54.1 Å². The molecule has 0 saturated carbocycles. The number of methoxy groups -OCH3 is 2. The third-order valence-corrected chi connectivity index (χ3v) is 8.48. The predicted octanol–water partition coefficient (Wildman–Crippen LogP) is 3.95. The van der Waals surface area contributed by atoms with Crippen LogP contribution in [0, 0.1) is 0 Å². The van der Waals surface area contributed by atoms with Gasteiger partial charge in [-0.15, -0.1) is 11.8 Å². The van der Waals surface area contributed by atoms with Gasteiger partial charge in [0.25, 0.3) is 0 Å². The van der Waals surface area contributed by atoms with Gasteiger partial charge < -0.3 is 19.3 Å². The molecule has 7 nitrogen and oxygen atoms in total. The number of hydrogen-bond acceptors (Lipinski definition) is 8. The Morgan fingerprint density at radius 3 is 2.48 bits per heavy atom. The zero-order chi connectivity index (χ0) is 23.6. The fraction of sp³-hybridized carbons (Fsp3) is 0.375. The van der Waals surface area contributed by atoms with Crippen LogP contribution in [-0.2, 0) is 9.84 Å². The van der Waals surface area contributed by atoms with Crippen molar-refractivity contribution in [1.82, 2.24) is 9.88 Å². The van der Waals surface area contributed by atoms with Crippen LogP contribution in [0.3, 0.4) is 0 Å². The van der Waals surface area contributed by atoms with Gasteiger partial charge in [-0.2, -0.15) is 0 Å². The van der Waals surface area contributed by atoms with Gasteiger partial charge in [0.15, 0.2) is 11.5 Å². The van der Waals surface area contributed by atoms with E-state index in [1.54, 1.807) is 23.9 Å². The van der Waals surface area contributed by atoms with Crippen LogP contribution in [0.25, 0.3) is 10.9 Å². The fourth-order valence-electron chi connectivity index (χ4n) is 4.17. The Bertz CT molecular complexity index is 1260. The molecule has 1 saturated heterocycles. The highest BCUT2D eigenvalue weighted by atomic mass is 32.2. The van der Waals surface area contributed by atoms with E-state index < -0.39 is 9.84 Å². The molecular formula is C24H29N3O4S2. The average Bonchev–Trinajstić information content (AvgIpc) is 3.06. The van der Waals surface area contributed by atoms with Crippen molar-refractivity contribution < 1.29 is 17.9 Å². The molecule has 4 rings (SSSR count). The van der Waals surface area contributed by atoms with Crippen molar-refractivity contribution in [3.05, 3.63) is 42.6 Å². The first-order valence-corrected chi connectivity index (χ1v) is 13.5. The van der Waals surface area contributed by atoms with Crippen molar-refractivity contribution in [2.24, 2.45) is 0 Å². The molecule has 1 aliphatic heterocycles. The van der Waals surface area contributed by atoms with Gasteiger partial charge in [-0.1, -0.05) is 0 Å². The standard InChI is InChI=1S/C24H29N3O4S2/c1-26-10-5-11-27(13-12-26)24-19-14-17(32-4)6-8-20(19)25-16-23(24)33(28,29)18-7-9-21(30-2)22(15-18)31-3/h6-9,14-16H,5,10-13H2,1-4H3. The van der Waals surface area contributed by atoms with E-state index >= 15 is 0 Å². The first-order valence-electron chi connectivity index (χ1n) is 10.8. The lowest BCUT2D eigenvalue weighted by Gasteiger charge is -2.27. The Kier molecular flexibility index (Phi) is 7.02. The van der Waals surface area contributed by atoms with E-state index in [2.05, 4.69) is 21.8 Å². The van der Waals surface area contributed by atoms with Crippen LogP contribution < -0.4 is 14.4 Å². The maximum atomic E-state index is 13.9. The molecule has 0 N–H and O–H groups in total. The van der Waals surface area contributed by atoms with Crippen molar-refractivity contribution >= 4 is 38.2 Å². The molecular weight excluding hydrogens is 458 g/mol. The van der Waals surface area contributed by atoms with Crippen molar-refractivity contribution in [3.63, 3.8) is 0 Å². The summed E-state index contributed by atoms with van der Waals surface area (Å²) < 4.78 is 38.5. The Morgan fingerprint density at radius 2 is 1.76 bits per heavy atom. The second-order valence-corrected chi connectivity index (χ2v) is 10.8. The average molecular weight is 488 g/mol. The molecule has 0 bridgehead atoms. The monoisotopic (exact) mass is 487 g/mol. The summed E-state index contributed by atoms with van der Waals surface area (Å²) in [5.74, 6) is 0.850. The van der Waals surface area contributed by atoms with E-state index in [0.29, 0.717) is 11.5 Å². The number of nitrogens with zero attached hydrogens (tertiary/aromatic N) is 3. The number of benzene rings is 2. The highest BCUT2D eigenvalue weighted by Gasteiger charge is 2.28. The summed E-state index contributed by atoms with van der Waals surface area (Å²) in [6, 6.07) is 10.7. The quantitative estimate of drug-likeness (QED) is 0.484. The van der Waals surface area contributed by atoms with Crippen LogP contribution in [0.1, 0.15) is 6.42 Å². The number of hydrogen-bond donors (Lipinski definition) is 0. The van der Waals surface area contributed by atoms with Crippen LogP contribution in [-0.4, -0.2) is 72.0 Å². The van der Waals surface area contributed by atoms with Crippen molar-refractivity contribution in [1.29, 1.82) is 0 Å². The first-order chi connectivity index (χ1) is 15.9. The van der Waals surface area contributed by atoms with Crippen molar-refractivity contribution in [3.8, 4) is 11.5 Å². The highest BCUT2D eigenvalue weighted by molar-refractivity contribution is 7.98. The number of thioether (sulfide) groups is 1. The number of ether oxygens (including phenoxy) is 2. The molecule has 0 radical (unpaired) electrons. The third kappa shape index (κ3) is 4.62. The number of fused-ring (bicyclic) bond motifs is 1. The van der Waals surface area contributed by atoms with E-state index in [1.165, 1.54) is 26.5 Å². The van der Waals surface area contributed by atoms with Crippen LogP contribution >= 0.6 is 11.8 Å². The Morgan fingerprint density at radius 1 is 0.970 bits per heavy atom. The molecule has 0 atom stereocenters. The maximum Gasteiger partial charge on any atom is 0.210 e. The first kappa shape index (κ1) is 23.7. The lowest BCUT2D eigenvalue weighted by atomic mass is 10.1. The third-order valence-electron chi connectivity index (χ3n) is 6.00. The zero-order valence-electron chi connectivity index (χ0n) is 19.4. The summed E-state index contributed by atoms with van der Waals surface area (Å²) in [5.41, 5.74) is 1.51. The topological polar surface area (TPSA) is 72.0 Å². The highest BCUT2D eigenvalue weighted by Crippen LogP contribution is 2.39. The summed E-state index contributed by atoms with van der Waals surface area (Å²) in [4.78, 5) is 10.4. The van der Waals surface area contributed by atoms with Gasteiger partial charge in [-0.05, 0) is 56.6 Å². The fourth-order valence-corrected chi connectivity index (χ4v) is 6.06. The van der Waals surface area contributed by atoms with Crippen LogP contribution in [0.2, 0.25) is 0 Å². The molecule has 2 aromatic carbocycles. The maximum absolute atomic E-state index is 13.9. The largest absolute Gasteiger partial charge is 0.493 e. The lowest BCUT2D eigenvalue weighted by molar-refractivity contribution is 0.354. The Balaban J connectivity index is 1.94. The van der Waals surface area contributed by atoms with E-state index in [4.69, 9.17) is 9.47 Å². The Labute approximate surface area is 199 Å². The van der Waals surface area contributed by atoms with Crippen LogP contribution in [0.5, 0.6) is 11.5 Å². The smallest absolute Gasteiger partial charge is 0.210 e. The summed E-state index contributed by atoms with van der Waals surface area (Å²) >= 11 is 1.63. The number of likely N-dealkylation sites (N-methyl/N-ethyl adjacent to an activating group) is 1. The number of anilines is 1. The van der Waals surface area contributed by atoms with Gasteiger partial charge >= 0.3 is 0 Å².